The minimum atomic E-state index is 1.00. The third-order valence-corrected chi connectivity index (χ3v) is 0.667. The fourth-order valence-corrected chi connectivity index (χ4v) is 0.385. The molecule has 0 unspecified atom stereocenters. The molecular formula is C9H18O3. The molecule has 0 aliphatic rings. The second-order valence-electron chi connectivity index (χ2n) is 1.15. The molecule has 0 bridgehead atoms. The highest BCUT2D eigenvalue weighted by atomic mass is 17.0. The predicted molar refractivity (Wildman–Crippen MR) is 51.2 cm³/mol. The number of benzene rings is 1. The summed E-state index contributed by atoms with van der Waals surface area (Å²) in [5.41, 5.74) is 0. The van der Waals surface area contributed by atoms with Crippen LogP contribution in [0.15, 0.2) is 36.4 Å². The summed E-state index contributed by atoms with van der Waals surface area (Å²) in [6.45, 7) is 4.00. The van der Waals surface area contributed by atoms with E-state index in [4.69, 9.17) is 15.6 Å². The average molecular weight is 174 g/mol. The second kappa shape index (κ2) is 32.2. The van der Waals surface area contributed by atoms with Crippen molar-refractivity contribution < 1.29 is 15.6 Å². The molecule has 0 heterocycles. The standard InChI is InChI=1S/C6H6.C2H6.CH4O.H2O2/c1-2-4-6-5-3-1;3*1-2/h1-6H;1-2H3;2H,1H3;1-2H. The largest absolute Gasteiger partial charge is 0.400 e. The van der Waals surface area contributed by atoms with Crippen LogP contribution in [0, 0.1) is 0 Å². The van der Waals surface area contributed by atoms with Crippen molar-refractivity contribution >= 4 is 0 Å². The highest BCUT2D eigenvalue weighted by Gasteiger charge is 1.57. The number of aliphatic hydroxyl groups excluding tert-OH is 1. The Morgan fingerprint density at radius 3 is 0.750 bits per heavy atom. The van der Waals surface area contributed by atoms with E-state index in [0.29, 0.717) is 0 Å². The quantitative estimate of drug-likeness (QED) is 0.418. The van der Waals surface area contributed by atoms with Gasteiger partial charge >= 0.3 is 0 Å². The zero-order valence-corrected chi connectivity index (χ0v) is 7.81. The molecule has 1 aromatic rings. The zero-order chi connectivity index (χ0) is 10.2. The smallest absolute Gasteiger partial charge is 0.0319 e. The van der Waals surface area contributed by atoms with Gasteiger partial charge in [-0.3, -0.25) is 10.5 Å². The first kappa shape index (κ1) is 17.3. The van der Waals surface area contributed by atoms with Gasteiger partial charge in [0.1, 0.15) is 0 Å². The Morgan fingerprint density at radius 1 is 0.583 bits per heavy atom. The van der Waals surface area contributed by atoms with Crippen LogP contribution in [-0.2, 0) is 0 Å². The van der Waals surface area contributed by atoms with E-state index >= 15 is 0 Å². The van der Waals surface area contributed by atoms with Gasteiger partial charge in [-0.05, 0) is 0 Å². The molecule has 3 heteroatoms. The van der Waals surface area contributed by atoms with Crippen LogP contribution in [0.25, 0.3) is 0 Å². The SMILES string of the molecule is CC.CO.OO.c1ccccc1. The molecule has 1 rings (SSSR count). The lowest BCUT2D eigenvalue weighted by molar-refractivity contribution is -0.176. The summed E-state index contributed by atoms with van der Waals surface area (Å²) in [7, 11) is 1.00. The lowest BCUT2D eigenvalue weighted by Crippen LogP contribution is -1.47. The highest BCUT2D eigenvalue weighted by molar-refractivity contribution is 4.99. The van der Waals surface area contributed by atoms with Crippen LogP contribution < -0.4 is 0 Å². The fraction of sp³-hybridized carbons (Fsp3) is 0.333. The van der Waals surface area contributed by atoms with E-state index in [9.17, 15) is 0 Å². The molecule has 0 fully saturated rings. The molecule has 3 N–H and O–H groups in total. The molecule has 0 spiro atoms. The maximum absolute atomic E-state index is 7.00. The molecule has 0 aromatic heterocycles. The van der Waals surface area contributed by atoms with Crippen LogP contribution in [0.5, 0.6) is 0 Å². The van der Waals surface area contributed by atoms with Crippen molar-refractivity contribution in [2.75, 3.05) is 7.11 Å². The molecular weight excluding hydrogens is 156 g/mol. The number of hydrogen-bond acceptors (Lipinski definition) is 3. The van der Waals surface area contributed by atoms with Crippen molar-refractivity contribution in [2.24, 2.45) is 0 Å². The van der Waals surface area contributed by atoms with E-state index in [-0.39, 0.29) is 0 Å². The molecule has 72 valence electrons. The maximum Gasteiger partial charge on any atom is 0.0319 e. The van der Waals surface area contributed by atoms with Crippen LogP contribution in [0.2, 0.25) is 0 Å². The van der Waals surface area contributed by atoms with Crippen molar-refractivity contribution in [1.29, 1.82) is 0 Å². The molecule has 1 aromatic carbocycles. The predicted octanol–water partition coefficient (Wildman–Crippen LogP) is 2.34. The summed E-state index contributed by atoms with van der Waals surface area (Å²) >= 11 is 0. The highest BCUT2D eigenvalue weighted by Crippen LogP contribution is 1.79. The minimum absolute atomic E-state index is 1.00. The Kier molecular flexibility index (Phi) is 46.2. The third-order valence-electron chi connectivity index (χ3n) is 0.667. The van der Waals surface area contributed by atoms with E-state index in [1.54, 1.807) is 0 Å². The summed E-state index contributed by atoms with van der Waals surface area (Å²) in [6, 6.07) is 12.0. The van der Waals surface area contributed by atoms with E-state index in [1.807, 2.05) is 50.2 Å². The van der Waals surface area contributed by atoms with Crippen LogP contribution in [0.1, 0.15) is 13.8 Å². The Balaban J connectivity index is -0.000000117. The summed E-state index contributed by atoms with van der Waals surface area (Å²) in [5, 5.41) is 19.0. The molecule has 0 radical (unpaired) electrons. The average Bonchev–Trinajstić information content (AvgIpc) is 2.29. The number of hydrogen-bond donors (Lipinski definition) is 3. The van der Waals surface area contributed by atoms with Gasteiger partial charge in [0.2, 0.25) is 0 Å². The minimum Gasteiger partial charge on any atom is -0.400 e. The first-order valence-corrected chi connectivity index (χ1v) is 3.65. The van der Waals surface area contributed by atoms with E-state index in [0.717, 1.165) is 7.11 Å². The molecule has 0 atom stereocenters. The van der Waals surface area contributed by atoms with Crippen molar-refractivity contribution in [3.63, 3.8) is 0 Å². The first-order chi connectivity index (χ1) is 6.00. The Labute approximate surface area is 73.9 Å². The molecule has 0 aliphatic heterocycles. The van der Waals surface area contributed by atoms with Gasteiger partial charge in [-0.15, -0.1) is 0 Å². The van der Waals surface area contributed by atoms with Gasteiger partial charge in [-0.25, -0.2) is 0 Å². The summed E-state index contributed by atoms with van der Waals surface area (Å²) in [4.78, 5) is 0. The molecule has 0 amide bonds. The lowest BCUT2D eigenvalue weighted by atomic mass is 10.4. The maximum atomic E-state index is 7.00. The van der Waals surface area contributed by atoms with Crippen molar-refractivity contribution in [3.05, 3.63) is 36.4 Å². The summed E-state index contributed by atoms with van der Waals surface area (Å²) in [5.74, 6) is 0. The normalized spacial score (nSPS) is 5.50. The summed E-state index contributed by atoms with van der Waals surface area (Å²) in [6.07, 6.45) is 0. The van der Waals surface area contributed by atoms with E-state index in [1.165, 1.54) is 0 Å². The van der Waals surface area contributed by atoms with Gasteiger partial charge in [-0.1, -0.05) is 50.2 Å². The van der Waals surface area contributed by atoms with Crippen LogP contribution in [0.4, 0.5) is 0 Å². The van der Waals surface area contributed by atoms with Gasteiger partial charge < -0.3 is 5.11 Å². The zero-order valence-electron chi connectivity index (χ0n) is 7.81. The fourth-order valence-electron chi connectivity index (χ4n) is 0.385. The molecule has 3 nitrogen and oxygen atoms in total. The van der Waals surface area contributed by atoms with Gasteiger partial charge in [-0.2, -0.15) is 0 Å². The van der Waals surface area contributed by atoms with Crippen LogP contribution >= 0.6 is 0 Å². The third kappa shape index (κ3) is 23.0. The number of aliphatic hydroxyl groups is 1. The monoisotopic (exact) mass is 174 g/mol. The topological polar surface area (TPSA) is 60.7 Å². The van der Waals surface area contributed by atoms with E-state index in [2.05, 4.69) is 0 Å². The van der Waals surface area contributed by atoms with Gasteiger partial charge in [0.25, 0.3) is 0 Å². The Morgan fingerprint density at radius 2 is 0.667 bits per heavy atom. The second-order valence-corrected chi connectivity index (χ2v) is 1.15. The summed E-state index contributed by atoms with van der Waals surface area (Å²) < 4.78 is 0. The Bertz CT molecular complexity index is 81.7. The van der Waals surface area contributed by atoms with Gasteiger partial charge in [0, 0.05) is 7.11 Å². The van der Waals surface area contributed by atoms with Crippen LogP contribution in [0.3, 0.4) is 0 Å². The lowest BCUT2D eigenvalue weighted by Gasteiger charge is -1.69. The van der Waals surface area contributed by atoms with E-state index < -0.39 is 0 Å². The van der Waals surface area contributed by atoms with Gasteiger partial charge in [0.05, 0.1) is 0 Å². The molecule has 0 saturated heterocycles. The van der Waals surface area contributed by atoms with Crippen molar-refractivity contribution in [1.82, 2.24) is 0 Å². The van der Waals surface area contributed by atoms with Crippen molar-refractivity contribution in [2.45, 2.75) is 13.8 Å². The molecule has 12 heavy (non-hydrogen) atoms. The Hall–Kier alpha value is -0.900. The molecule has 0 aliphatic carbocycles. The van der Waals surface area contributed by atoms with Crippen molar-refractivity contribution in [3.8, 4) is 0 Å². The first-order valence-electron chi connectivity index (χ1n) is 3.65. The molecule has 0 saturated carbocycles. The number of rotatable bonds is 0. The van der Waals surface area contributed by atoms with Gasteiger partial charge in [0.15, 0.2) is 0 Å². The van der Waals surface area contributed by atoms with Crippen LogP contribution in [-0.4, -0.2) is 22.7 Å².